The predicted molar refractivity (Wildman–Crippen MR) is 50.9 cm³/mol. The summed E-state index contributed by atoms with van der Waals surface area (Å²) in [4.78, 5) is 27.3. The van der Waals surface area contributed by atoms with E-state index in [1.807, 2.05) is 0 Å². The number of aromatic nitrogens is 1. The van der Waals surface area contributed by atoms with Crippen LogP contribution in [0.4, 0.5) is 5.69 Å². The standard InChI is InChI=1S/C9H5ClN2O2/c10-9-6(2-1-5-11-9)12-7(13)3-4-8(12)14/h1-5H. The average molecular weight is 209 g/mol. The number of pyridine rings is 1. The molecule has 0 unspecified atom stereocenters. The van der Waals surface area contributed by atoms with E-state index < -0.39 is 11.8 Å². The van der Waals surface area contributed by atoms with Crippen LogP contribution >= 0.6 is 11.6 Å². The van der Waals surface area contributed by atoms with E-state index in [9.17, 15) is 9.59 Å². The largest absolute Gasteiger partial charge is 0.269 e. The molecular weight excluding hydrogens is 204 g/mol. The van der Waals surface area contributed by atoms with E-state index in [0.717, 1.165) is 4.90 Å². The summed E-state index contributed by atoms with van der Waals surface area (Å²) >= 11 is 5.75. The Hall–Kier alpha value is -1.68. The summed E-state index contributed by atoms with van der Waals surface area (Å²) in [6.07, 6.45) is 3.89. The second kappa shape index (κ2) is 3.23. The van der Waals surface area contributed by atoms with Crippen molar-refractivity contribution in [3.05, 3.63) is 35.6 Å². The van der Waals surface area contributed by atoms with Gasteiger partial charge < -0.3 is 0 Å². The Balaban J connectivity index is 2.46. The molecule has 0 aromatic carbocycles. The van der Waals surface area contributed by atoms with Crippen LogP contribution in [0, 0.1) is 0 Å². The fourth-order valence-corrected chi connectivity index (χ4v) is 1.39. The van der Waals surface area contributed by atoms with Crippen LogP contribution in [0.1, 0.15) is 0 Å². The Bertz CT molecular complexity index is 424. The van der Waals surface area contributed by atoms with Gasteiger partial charge in [-0.05, 0) is 12.1 Å². The van der Waals surface area contributed by atoms with Crippen molar-refractivity contribution in [3.63, 3.8) is 0 Å². The van der Waals surface area contributed by atoms with Crippen LogP contribution in [0.15, 0.2) is 30.5 Å². The molecule has 0 fully saturated rings. The molecular formula is C9H5ClN2O2. The third kappa shape index (κ3) is 1.29. The first kappa shape index (κ1) is 8.90. The Morgan fingerprint density at radius 2 is 1.86 bits per heavy atom. The summed E-state index contributed by atoms with van der Waals surface area (Å²) in [6.45, 7) is 0. The van der Waals surface area contributed by atoms with Crippen LogP contribution < -0.4 is 4.90 Å². The molecule has 0 N–H and O–H groups in total. The summed E-state index contributed by atoms with van der Waals surface area (Å²) in [6, 6.07) is 3.18. The lowest BCUT2D eigenvalue weighted by atomic mass is 10.4. The highest BCUT2D eigenvalue weighted by molar-refractivity contribution is 6.36. The zero-order valence-electron chi connectivity index (χ0n) is 6.98. The zero-order chi connectivity index (χ0) is 10.1. The smallest absolute Gasteiger partial charge is 0.258 e. The Kier molecular flexibility index (Phi) is 2.05. The first-order valence-electron chi connectivity index (χ1n) is 3.87. The van der Waals surface area contributed by atoms with Crippen molar-refractivity contribution in [1.29, 1.82) is 0 Å². The molecule has 0 bridgehead atoms. The Morgan fingerprint density at radius 1 is 1.21 bits per heavy atom. The number of hydrogen-bond donors (Lipinski definition) is 0. The van der Waals surface area contributed by atoms with Crippen LogP contribution in [0.2, 0.25) is 5.15 Å². The predicted octanol–water partition coefficient (Wildman–Crippen LogP) is 1.16. The van der Waals surface area contributed by atoms with E-state index in [4.69, 9.17) is 11.6 Å². The number of amides is 2. The fourth-order valence-electron chi connectivity index (χ4n) is 1.18. The van der Waals surface area contributed by atoms with Crippen molar-refractivity contribution in [2.45, 2.75) is 0 Å². The van der Waals surface area contributed by atoms with Crippen molar-refractivity contribution in [1.82, 2.24) is 4.98 Å². The molecule has 1 aromatic rings. The van der Waals surface area contributed by atoms with E-state index in [1.165, 1.54) is 18.3 Å². The second-order valence-electron chi connectivity index (χ2n) is 2.66. The second-order valence-corrected chi connectivity index (χ2v) is 3.02. The quantitative estimate of drug-likeness (QED) is 0.514. The highest BCUT2D eigenvalue weighted by Crippen LogP contribution is 2.25. The molecule has 0 atom stereocenters. The maximum absolute atomic E-state index is 11.3. The van der Waals surface area contributed by atoms with Gasteiger partial charge in [0.1, 0.15) is 0 Å². The van der Waals surface area contributed by atoms with Crippen LogP contribution in [-0.2, 0) is 9.59 Å². The SMILES string of the molecule is O=C1C=CC(=O)N1c1cccnc1Cl. The number of nitrogens with zero attached hydrogens (tertiary/aromatic N) is 2. The number of rotatable bonds is 1. The highest BCUT2D eigenvalue weighted by Gasteiger charge is 2.26. The lowest BCUT2D eigenvalue weighted by molar-refractivity contribution is -0.119. The summed E-state index contributed by atoms with van der Waals surface area (Å²) in [7, 11) is 0. The summed E-state index contributed by atoms with van der Waals surface area (Å²) in [5, 5.41) is 0.137. The van der Waals surface area contributed by atoms with Crippen LogP contribution in [0.3, 0.4) is 0 Å². The molecule has 5 heteroatoms. The summed E-state index contributed by atoms with van der Waals surface area (Å²) in [5.41, 5.74) is 0.314. The van der Waals surface area contributed by atoms with Gasteiger partial charge in [0.05, 0.1) is 5.69 Å². The van der Waals surface area contributed by atoms with Crippen molar-refractivity contribution < 1.29 is 9.59 Å². The van der Waals surface area contributed by atoms with Gasteiger partial charge in [-0.25, -0.2) is 9.88 Å². The monoisotopic (exact) mass is 208 g/mol. The molecule has 14 heavy (non-hydrogen) atoms. The van der Waals surface area contributed by atoms with E-state index in [-0.39, 0.29) is 5.15 Å². The van der Waals surface area contributed by atoms with Gasteiger partial charge in [-0.1, -0.05) is 11.6 Å². The van der Waals surface area contributed by atoms with E-state index >= 15 is 0 Å². The lowest BCUT2D eigenvalue weighted by Gasteiger charge is -2.13. The van der Waals surface area contributed by atoms with Gasteiger partial charge in [-0.3, -0.25) is 9.59 Å². The zero-order valence-corrected chi connectivity index (χ0v) is 7.73. The maximum atomic E-state index is 11.3. The molecule has 1 aromatic heterocycles. The minimum Gasteiger partial charge on any atom is -0.269 e. The summed E-state index contributed by atoms with van der Waals surface area (Å²) < 4.78 is 0. The number of imide groups is 1. The third-order valence-corrected chi connectivity index (χ3v) is 2.08. The van der Waals surface area contributed by atoms with Crippen molar-refractivity contribution in [2.75, 3.05) is 4.90 Å². The summed E-state index contributed by atoms with van der Waals surface area (Å²) in [5.74, 6) is -0.796. The van der Waals surface area contributed by atoms with Crippen LogP contribution in [0.5, 0.6) is 0 Å². The van der Waals surface area contributed by atoms with Gasteiger partial charge in [-0.2, -0.15) is 0 Å². The van der Waals surface area contributed by atoms with Gasteiger partial charge in [-0.15, -0.1) is 0 Å². The molecule has 1 aliphatic heterocycles. The van der Waals surface area contributed by atoms with Gasteiger partial charge in [0.15, 0.2) is 5.15 Å². The van der Waals surface area contributed by atoms with E-state index in [0.29, 0.717) is 5.69 Å². The fraction of sp³-hybridized carbons (Fsp3) is 0. The molecule has 2 amide bonds. The molecule has 4 nitrogen and oxygen atoms in total. The van der Waals surface area contributed by atoms with Gasteiger partial charge in [0.2, 0.25) is 0 Å². The van der Waals surface area contributed by atoms with Crippen molar-refractivity contribution in [2.24, 2.45) is 0 Å². The molecule has 0 saturated heterocycles. The lowest BCUT2D eigenvalue weighted by Crippen LogP contribution is -2.29. The molecule has 0 spiro atoms. The molecule has 1 aliphatic rings. The van der Waals surface area contributed by atoms with Crippen molar-refractivity contribution in [3.8, 4) is 0 Å². The minimum absolute atomic E-state index is 0.137. The molecule has 0 radical (unpaired) electrons. The van der Waals surface area contributed by atoms with Gasteiger partial charge in [0.25, 0.3) is 11.8 Å². The third-order valence-electron chi connectivity index (χ3n) is 1.79. The maximum Gasteiger partial charge on any atom is 0.258 e. The minimum atomic E-state index is -0.398. The van der Waals surface area contributed by atoms with E-state index in [2.05, 4.69) is 4.98 Å². The van der Waals surface area contributed by atoms with Crippen molar-refractivity contribution >= 4 is 29.1 Å². The molecule has 2 heterocycles. The van der Waals surface area contributed by atoms with Crippen LogP contribution in [-0.4, -0.2) is 16.8 Å². The Labute approximate surface area is 84.8 Å². The topological polar surface area (TPSA) is 50.3 Å². The molecule has 70 valence electrons. The number of hydrogen-bond acceptors (Lipinski definition) is 3. The number of halogens is 1. The molecule has 2 rings (SSSR count). The number of anilines is 1. The normalized spacial score (nSPS) is 15.4. The highest BCUT2D eigenvalue weighted by atomic mass is 35.5. The van der Waals surface area contributed by atoms with E-state index in [1.54, 1.807) is 12.1 Å². The van der Waals surface area contributed by atoms with Gasteiger partial charge >= 0.3 is 0 Å². The molecule has 0 aliphatic carbocycles. The number of carbonyl (C=O) groups is 2. The first-order chi connectivity index (χ1) is 6.70. The van der Waals surface area contributed by atoms with Crippen LogP contribution in [0.25, 0.3) is 0 Å². The van der Waals surface area contributed by atoms with Gasteiger partial charge in [0, 0.05) is 18.3 Å². The Morgan fingerprint density at radius 3 is 2.43 bits per heavy atom. The first-order valence-corrected chi connectivity index (χ1v) is 4.24. The number of carbonyl (C=O) groups excluding carboxylic acids is 2. The average Bonchev–Trinajstić information content (AvgIpc) is 2.48. The molecule has 0 saturated carbocycles.